The zero-order valence-electron chi connectivity index (χ0n) is 13.1. The number of hydrogen-bond acceptors (Lipinski definition) is 4. The Kier molecular flexibility index (Phi) is 5.06. The van der Waals surface area contributed by atoms with Gasteiger partial charge < -0.3 is 4.42 Å². The predicted molar refractivity (Wildman–Crippen MR) is 95.5 cm³/mol. The Bertz CT molecular complexity index is 946. The van der Waals surface area contributed by atoms with Crippen molar-refractivity contribution in [1.82, 2.24) is 0 Å². The molecule has 0 saturated carbocycles. The van der Waals surface area contributed by atoms with Gasteiger partial charge in [-0.05, 0) is 36.4 Å². The van der Waals surface area contributed by atoms with Crippen LogP contribution in [-0.2, 0) is 9.84 Å². The van der Waals surface area contributed by atoms with Gasteiger partial charge in [0.25, 0.3) is 0 Å². The summed E-state index contributed by atoms with van der Waals surface area (Å²) in [5, 5.41) is -0.662. The first-order valence-electron chi connectivity index (χ1n) is 7.59. The lowest BCUT2D eigenvalue weighted by molar-refractivity contribution is 0.0978. The standard InChI is InChI=1S/C19H15ClO4S/c20-15-8-10-16(11-9-15)25(22,23)19(18-7-4-12-24-18)13-17(21)14-5-2-1-3-6-14/h1-12,19H,13H2/t19-/m1/s1. The van der Waals surface area contributed by atoms with E-state index in [9.17, 15) is 13.2 Å². The van der Waals surface area contributed by atoms with Crippen LogP contribution in [-0.4, -0.2) is 14.2 Å². The highest BCUT2D eigenvalue weighted by atomic mass is 35.5. The average Bonchev–Trinajstić information content (AvgIpc) is 3.14. The molecule has 0 aliphatic rings. The number of halogens is 1. The van der Waals surface area contributed by atoms with Crippen molar-refractivity contribution in [2.24, 2.45) is 0 Å². The third-order valence-electron chi connectivity index (χ3n) is 3.84. The van der Waals surface area contributed by atoms with Crippen molar-refractivity contribution in [2.75, 3.05) is 0 Å². The summed E-state index contributed by atoms with van der Waals surface area (Å²) in [6.07, 6.45) is 1.19. The molecular formula is C19H15ClO4S. The summed E-state index contributed by atoms with van der Waals surface area (Å²) in [5.74, 6) is -0.0289. The van der Waals surface area contributed by atoms with Crippen LogP contribution in [0.4, 0.5) is 0 Å². The molecule has 0 bridgehead atoms. The molecule has 0 amide bonds. The van der Waals surface area contributed by atoms with Gasteiger partial charge in [0.1, 0.15) is 11.0 Å². The van der Waals surface area contributed by atoms with Gasteiger partial charge in [-0.2, -0.15) is 0 Å². The lowest BCUT2D eigenvalue weighted by atomic mass is 10.1. The second kappa shape index (κ2) is 7.25. The van der Waals surface area contributed by atoms with Crippen molar-refractivity contribution in [3.63, 3.8) is 0 Å². The molecule has 1 aromatic heterocycles. The Hall–Kier alpha value is -2.37. The minimum Gasteiger partial charge on any atom is -0.468 e. The van der Waals surface area contributed by atoms with E-state index >= 15 is 0 Å². The molecule has 0 N–H and O–H groups in total. The number of hydrogen-bond donors (Lipinski definition) is 0. The Morgan fingerprint density at radius 3 is 2.24 bits per heavy atom. The number of furan rings is 1. The van der Waals surface area contributed by atoms with E-state index in [2.05, 4.69) is 0 Å². The highest BCUT2D eigenvalue weighted by Gasteiger charge is 2.33. The van der Waals surface area contributed by atoms with E-state index in [1.807, 2.05) is 0 Å². The number of rotatable bonds is 6. The molecule has 0 spiro atoms. The Morgan fingerprint density at radius 1 is 0.960 bits per heavy atom. The van der Waals surface area contributed by atoms with Crippen molar-refractivity contribution in [2.45, 2.75) is 16.6 Å². The normalized spacial score (nSPS) is 12.7. The minimum absolute atomic E-state index is 0.0964. The molecular weight excluding hydrogens is 360 g/mol. The SMILES string of the molecule is O=C(C[C@H](c1ccco1)S(=O)(=O)c1ccc(Cl)cc1)c1ccccc1. The van der Waals surface area contributed by atoms with E-state index in [1.54, 1.807) is 42.5 Å². The molecule has 0 radical (unpaired) electrons. The number of sulfone groups is 1. The van der Waals surface area contributed by atoms with Crippen molar-refractivity contribution in [1.29, 1.82) is 0 Å². The number of carbonyl (C=O) groups excluding carboxylic acids is 1. The highest BCUT2D eigenvalue weighted by Crippen LogP contribution is 2.33. The highest BCUT2D eigenvalue weighted by molar-refractivity contribution is 7.91. The molecule has 25 heavy (non-hydrogen) atoms. The van der Waals surface area contributed by atoms with Crippen LogP contribution in [0.15, 0.2) is 82.3 Å². The topological polar surface area (TPSA) is 64.3 Å². The number of ketones is 1. The number of benzene rings is 2. The van der Waals surface area contributed by atoms with E-state index in [1.165, 1.54) is 30.5 Å². The fourth-order valence-electron chi connectivity index (χ4n) is 2.54. The Balaban J connectivity index is 1.98. The second-order valence-corrected chi connectivity index (χ2v) is 8.06. The molecule has 4 nitrogen and oxygen atoms in total. The van der Waals surface area contributed by atoms with Gasteiger partial charge in [-0.1, -0.05) is 41.9 Å². The van der Waals surface area contributed by atoms with Crippen molar-refractivity contribution < 1.29 is 17.6 Å². The third-order valence-corrected chi connectivity index (χ3v) is 6.17. The second-order valence-electron chi connectivity index (χ2n) is 5.50. The molecule has 3 aromatic rings. The first-order valence-corrected chi connectivity index (χ1v) is 9.52. The molecule has 0 aliphatic carbocycles. The molecule has 6 heteroatoms. The van der Waals surface area contributed by atoms with Gasteiger partial charge in [0.05, 0.1) is 11.2 Å². The summed E-state index contributed by atoms with van der Waals surface area (Å²) >= 11 is 5.84. The van der Waals surface area contributed by atoms with Gasteiger partial charge in [-0.25, -0.2) is 8.42 Å². The quantitative estimate of drug-likeness (QED) is 0.585. The number of carbonyl (C=O) groups is 1. The third kappa shape index (κ3) is 3.83. The first kappa shape index (κ1) is 17.5. The van der Waals surface area contributed by atoms with Crippen molar-refractivity contribution in [3.8, 4) is 0 Å². The van der Waals surface area contributed by atoms with Gasteiger partial charge in [0.15, 0.2) is 15.6 Å². The zero-order valence-corrected chi connectivity index (χ0v) is 14.7. The lowest BCUT2D eigenvalue weighted by Gasteiger charge is -2.15. The van der Waals surface area contributed by atoms with E-state index in [4.69, 9.17) is 16.0 Å². The van der Waals surface area contributed by atoms with E-state index in [-0.39, 0.29) is 22.9 Å². The maximum atomic E-state index is 13.1. The van der Waals surface area contributed by atoms with Crippen LogP contribution in [0.5, 0.6) is 0 Å². The van der Waals surface area contributed by atoms with Crippen LogP contribution < -0.4 is 0 Å². The Labute approximate surface area is 151 Å². The van der Waals surface area contributed by atoms with Gasteiger partial charge >= 0.3 is 0 Å². The summed E-state index contributed by atoms with van der Waals surface area (Å²) in [7, 11) is -3.82. The van der Waals surface area contributed by atoms with Gasteiger partial charge in [-0.15, -0.1) is 0 Å². The summed E-state index contributed by atoms with van der Waals surface area (Å²) in [4.78, 5) is 12.7. The van der Waals surface area contributed by atoms with Crippen LogP contribution in [0.2, 0.25) is 5.02 Å². The van der Waals surface area contributed by atoms with E-state index in [0.717, 1.165) is 0 Å². The molecule has 0 unspecified atom stereocenters. The summed E-state index contributed by atoms with van der Waals surface area (Å²) in [6.45, 7) is 0. The summed E-state index contributed by atoms with van der Waals surface area (Å²) in [6, 6.07) is 17.6. The lowest BCUT2D eigenvalue weighted by Crippen LogP contribution is -2.17. The Morgan fingerprint density at radius 2 is 1.64 bits per heavy atom. The average molecular weight is 375 g/mol. The first-order chi connectivity index (χ1) is 12.0. The predicted octanol–water partition coefficient (Wildman–Crippen LogP) is 4.72. The molecule has 1 atom stereocenters. The van der Waals surface area contributed by atoms with Crippen LogP contribution >= 0.6 is 11.6 Å². The van der Waals surface area contributed by atoms with Gasteiger partial charge in [-0.3, -0.25) is 4.79 Å². The molecule has 0 fully saturated rings. The van der Waals surface area contributed by atoms with Crippen LogP contribution in [0, 0.1) is 0 Å². The molecule has 1 heterocycles. The van der Waals surface area contributed by atoms with E-state index in [0.29, 0.717) is 10.6 Å². The molecule has 128 valence electrons. The van der Waals surface area contributed by atoms with E-state index < -0.39 is 15.1 Å². The fraction of sp³-hybridized carbons (Fsp3) is 0.105. The number of Topliss-reactive ketones (excluding diaryl/α,β-unsaturated/α-hetero) is 1. The van der Waals surface area contributed by atoms with Crippen LogP contribution in [0.25, 0.3) is 0 Å². The van der Waals surface area contributed by atoms with Crippen molar-refractivity contribution >= 4 is 27.2 Å². The maximum absolute atomic E-state index is 13.1. The molecule has 0 saturated heterocycles. The van der Waals surface area contributed by atoms with Crippen LogP contribution in [0.3, 0.4) is 0 Å². The summed E-state index contributed by atoms with van der Waals surface area (Å²) < 4.78 is 31.4. The maximum Gasteiger partial charge on any atom is 0.188 e. The van der Waals surface area contributed by atoms with Crippen molar-refractivity contribution in [3.05, 3.63) is 89.3 Å². The monoisotopic (exact) mass is 374 g/mol. The largest absolute Gasteiger partial charge is 0.468 e. The van der Waals surface area contributed by atoms with Gasteiger partial charge in [0.2, 0.25) is 0 Å². The van der Waals surface area contributed by atoms with Crippen LogP contribution in [0.1, 0.15) is 27.8 Å². The molecule has 0 aliphatic heterocycles. The van der Waals surface area contributed by atoms with Gasteiger partial charge in [0, 0.05) is 17.0 Å². The minimum atomic E-state index is -3.82. The smallest absolute Gasteiger partial charge is 0.188 e. The fourth-order valence-corrected chi connectivity index (χ4v) is 4.32. The molecule has 2 aromatic carbocycles. The molecule has 3 rings (SSSR count). The summed E-state index contributed by atoms with van der Waals surface area (Å²) in [5.41, 5.74) is 0.463. The zero-order chi connectivity index (χ0) is 17.9.